The zero-order valence-electron chi connectivity index (χ0n) is 9.87. The Morgan fingerprint density at radius 1 is 1.56 bits per heavy atom. The van der Waals surface area contributed by atoms with Crippen LogP contribution in [0.4, 0.5) is 0 Å². The van der Waals surface area contributed by atoms with Crippen LogP contribution in [0.1, 0.15) is 36.4 Å². The SMILES string of the molecule is COCc1nc(CNCCCC2CC2)cs1. The van der Waals surface area contributed by atoms with E-state index in [0.717, 1.165) is 29.7 Å². The number of nitrogens with one attached hydrogen (secondary N) is 1. The molecule has 1 fully saturated rings. The number of ether oxygens (including phenoxy) is 1. The van der Waals surface area contributed by atoms with E-state index in [0.29, 0.717) is 6.61 Å². The van der Waals surface area contributed by atoms with Gasteiger partial charge in [0.05, 0.1) is 12.3 Å². The summed E-state index contributed by atoms with van der Waals surface area (Å²) in [6.45, 7) is 2.64. The first-order valence-electron chi connectivity index (χ1n) is 6.01. The molecular weight excluding hydrogens is 220 g/mol. The maximum Gasteiger partial charge on any atom is 0.119 e. The maximum atomic E-state index is 5.05. The van der Waals surface area contributed by atoms with Gasteiger partial charge in [0, 0.05) is 19.0 Å². The van der Waals surface area contributed by atoms with Gasteiger partial charge in [0.15, 0.2) is 0 Å². The molecule has 1 aromatic rings. The molecule has 0 atom stereocenters. The molecule has 0 bridgehead atoms. The van der Waals surface area contributed by atoms with Crippen molar-refractivity contribution in [3.63, 3.8) is 0 Å². The van der Waals surface area contributed by atoms with Crippen LogP contribution in [0.2, 0.25) is 0 Å². The highest BCUT2D eigenvalue weighted by Crippen LogP contribution is 2.33. The van der Waals surface area contributed by atoms with Crippen LogP contribution in [-0.2, 0) is 17.9 Å². The van der Waals surface area contributed by atoms with Crippen molar-refractivity contribution in [2.45, 2.75) is 38.8 Å². The van der Waals surface area contributed by atoms with Crippen LogP contribution < -0.4 is 5.32 Å². The van der Waals surface area contributed by atoms with Gasteiger partial charge in [-0.1, -0.05) is 12.8 Å². The van der Waals surface area contributed by atoms with E-state index in [2.05, 4.69) is 15.7 Å². The molecular formula is C12H20N2OS. The Morgan fingerprint density at radius 2 is 2.44 bits per heavy atom. The molecule has 2 rings (SSSR count). The molecule has 1 heterocycles. The number of thiazole rings is 1. The molecule has 1 saturated carbocycles. The summed E-state index contributed by atoms with van der Waals surface area (Å²) in [6.07, 6.45) is 5.64. The molecule has 1 aliphatic rings. The highest BCUT2D eigenvalue weighted by atomic mass is 32.1. The molecule has 3 nitrogen and oxygen atoms in total. The van der Waals surface area contributed by atoms with E-state index in [1.165, 1.54) is 25.7 Å². The van der Waals surface area contributed by atoms with Crippen molar-refractivity contribution in [1.82, 2.24) is 10.3 Å². The number of rotatable bonds is 8. The average molecular weight is 240 g/mol. The van der Waals surface area contributed by atoms with E-state index in [1.54, 1.807) is 18.4 Å². The fourth-order valence-electron chi connectivity index (χ4n) is 1.76. The molecule has 1 aliphatic carbocycles. The normalized spacial score (nSPS) is 15.6. The zero-order valence-corrected chi connectivity index (χ0v) is 10.7. The fraction of sp³-hybridized carbons (Fsp3) is 0.750. The quantitative estimate of drug-likeness (QED) is 0.709. The predicted octanol–water partition coefficient (Wildman–Crippen LogP) is 2.57. The monoisotopic (exact) mass is 240 g/mol. The molecule has 0 radical (unpaired) electrons. The molecule has 1 N–H and O–H groups in total. The molecule has 1 aromatic heterocycles. The summed E-state index contributed by atoms with van der Waals surface area (Å²) in [5.41, 5.74) is 1.14. The minimum atomic E-state index is 0.631. The van der Waals surface area contributed by atoms with Gasteiger partial charge < -0.3 is 10.1 Å². The highest BCUT2D eigenvalue weighted by Gasteiger charge is 2.19. The zero-order chi connectivity index (χ0) is 11.2. The van der Waals surface area contributed by atoms with Crippen molar-refractivity contribution in [1.29, 1.82) is 0 Å². The summed E-state index contributed by atoms with van der Waals surface area (Å²) in [6, 6.07) is 0. The Balaban J connectivity index is 1.56. The van der Waals surface area contributed by atoms with Crippen LogP contribution in [0.15, 0.2) is 5.38 Å². The van der Waals surface area contributed by atoms with Gasteiger partial charge >= 0.3 is 0 Å². The number of nitrogens with zero attached hydrogens (tertiary/aromatic N) is 1. The van der Waals surface area contributed by atoms with Gasteiger partial charge in [-0.2, -0.15) is 0 Å². The third-order valence-corrected chi connectivity index (χ3v) is 3.71. The number of methoxy groups -OCH3 is 1. The minimum Gasteiger partial charge on any atom is -0.378 e. The van der Waals surface area contributed by atoms with E-state index >= 15 is 0 Å². The fourth-order valence-corrected chi connectivity index (χ4v) is 2.52. The Kier molecular flexibility index (Phi) is 4.75. The van der Waals surface area contributed by atoms with Crippen LogP contribution in [0.5, 0.6) is 0 Å². The first-order chi connectivity index (χ1) is 7.88. The molecule has 0 saturated heterocycles. The van der Waals surface area contributed by atoms with Gasteiger partial charge in [-0.25, -0.2) is 4.98 Å². The predicted molar refractivity (Wildman–Crippen MR) is 66.5 cm³/mol. The van der Waals surface area contributed by atoms with Crippen LogP contribution in [0.25, 0.3) is 0 Å². The van der Waals surface area contributed by atoms with Crippen molar-refractivity contribution in [3.05, 3.63) is 16.1 Å². The van der Waals surface area contributed by atoms with Gasteiger partial charge in [0.1, 0.15) is 5.01 Å². The van der Waals surface area contributed by atoms with Crippen LogP contribution in [0.3, 0.4) is 0 Å². The molecule has 0 spiro atoms. The molecule has 90 valence electrons. The standard InChI is InChI=1S/C12H20N2OS/c1-15-8-12-14-11(9-16-12)7-13-6-2-3-10-4-5-10/h9-10,13H,2-8H2,1H3. The van der Waals surface area contributed by atoms with Crippen molar-refractivity contribution in [2.75, 3.05) is 13.7 Å². The summed E-state index contributed by atoms with van der Waals surface area (Å²) in [5.74, 6) is 1.05. The first-order valence-corrected chi connectivity index (χ1v) is 6.89. The van der Waals surface area contributed by atoms with Gasteiger partial charge in [-0.15, -0.1) is 11.3 Å². The lowest BCUT2D eigenvalue weighted by atomic mass is 10.2. The second-order valence-electron chi connectivity index (χ2n) is 4.43. The third-order valence-electron chi connectivity index (χ3n) is 2.84. The Morgan fingerprint density at radius 3 is 3.19 bits per heavy atom. The van der Waals surface area contributed by atoms with Crippen LogP contribution in [0, 0.1) is 5.92 Å². The first kappa shape index (κ1) is 12.0. The van der Waals surface area contributed by atoms with Gasteiger partial charge in [0.2, 0.25) is 0 Å². The minimum absolute atomic E-state index is 0.631. The maximum absolute atomic E-state index is 5.05. The summed E-state index contributed by atoms with van der Waals surface area (Å²) in [5, 5.41) is 6.62. The lowest BCUT2D eigenvalue weighted by Gasteiger charge is -2.01. The number of hydrogen-bond acceptors (Lipinski definition) is 4. The largest absolute Gasteiger partial charge is 0.378 e. The van der Waals surface area contributed by atoms with E-state index in [-0.39, 0.29) is 0 Å². The molecule has 0 unspecified atom stereocenters. The average Bonchev–Trinajstić information content (AvgIpc) is 2.99. The third kappa shape index (κ3) is 4.20. The molecule has 0 aliphatic heterocycles. The van der Waals surface area contributed by atoms with E-state index in [9.17, 15) is 0 Å². The van der Waals surface area contributed by atoms with Crippen molar-refractivity contribution in [2.24, 2.45) is 5.92 Å². The second-order valence-corrected chi connectivity index (χ2v) is 5.37. The van der Waals surface area contributed by atoms with Crippen molar-refractivity contribution in [3.8, 4) is 0 Å². The summed E-state index contributed by atoms with van der Waals surface area (Å²) >= 11 is 1.68. The van der Waals surface area contributed by atoms with Crippen molar-refractivity contribution >= 4 is 11.3 Å². The van der Waals surface area contributed by atoms with Gasteiger partial charge in [-0.3, -0.25) is 0 Å². The Hall–Kier alpha value is -0.450. The topological polar surface area (TPSA) is 34.1 Å². The molecule has 16 heavy (non-hydrogen) atoms. The lowest BCUT2D eigenvalue weighted by molar-refractivity contribution is 0.184. The van der Waals surface area contributed by atoms with Crippen LogP contribution in [-0.4, -0.2) is 18.6 Å². The molecule has 4 heteroatoms. The van der Waals surface area contributed by atoms with Crippen molar-refractivity contribution < 1.29 is 4.74 Å². The number of hydrogen-bond donors (Lipinski definition) is 1. The van der Waals surface area contributed by atoms with E-state index in [1.807, 2.05) is 0 Å². The van der Waals surface area contributed by atoms with E-state index in [4.69, 9.17) is 4.74 Å². The summed E-state index contributed by atoms with van der Waals surface area (Å²) < 4.78 is 5.05. The highest BCUT2D eigenvalue weighted by molar-refractivity contribution is 7.09. The molecule has 0 amide bonds. The van der Waals surface area contributed by atoms with Gasteiger partial charge in [0.25, 0.3) is 0 Å². The number of aromatic nitrogens is 1. The smallest absolute Gasteiger partial charge is 0.119 e. The Labute approximate surface area is 101 Å². The van der Waals surface area contributed by atoms with E-state index < -0.39 is 0 Å². The lowest BCUT2D eigenvalue weighted by Crippen LogP contribution is -2.15. The Bertz CT molecular complexity index is 310. The van der Waals surface area contributed by atoms with Crippen LogP contribution >= 0.6 is 11.3 Å². The summed E-state index contributed by atoms with van der Waals surface area (Å²) in [7, 11) is 1.71. The second kappa shape index (κ2) is 6.33. The molecule has 0 aromatic carbocycles. The van der Waals surface area contributed by atoms with Gasteiger partial charge in [-0.05, 0) is 25.3 Å². The summed E-state index contributed by atoms with van der Waals surface area (Å²) in [4.78, 5) is 4.48.